The standard InChI is InChI=1S/2C4H4N2O2.Co.2H2O/c2*7-4(8)3-5-1-2-6-3;;;/h2*1-2H,(H,5,6)(H,7,8);;2*1H2/q;;+2;;. The van der Waals surface area contributed by atoms with E-state index in [4.69, 9.17) is 0 Å². The number of hydrogen-bond acceptors (Lipinski definition) is 6. The van der Waals surface area contributed by atoms with Crippen LogP contribution in [-0.2, 0) is 27.7 Å². The van der Waals surface area contributed by atoms with Gasteiger partial charge in [0.2, 0.25) is 0 Å². The van der Waals surface area contributed by atoms with Crippen molar-refractivity contribution in [3.63, 3.8) is 0 Å². The summed E-state index contributed by atoms with van der Waals surface area (Å²) in [5, 5.41) is 19.7. The van der Waals surface area contributed by atoms with Crippen molar-refractivity contribution in [2.75, 3.05) is 0 Å². The van der Waals surface area contributed by atoms with E-state index in [1.807, 2.05) is 0 Å². The Balaban J connectivity index is -0.000000233. The molecule has 0 aliphatic heterocycles. The molecule has 0 atom stereocenters. The zero-order valence-corrected chi connectivity index (χ0v) is 10.4. The van der Waals surface area contributed by atoms with E-state index in [9.17, 15) is 19.8 Å². The second-order valence-electron chi connectivity index (χ2n) is 2.45. The summed E-state index contributed by atoms with van der Waals surface area (Å²) in [4.78, 5) is 31.2. The number of aromatic carboxylic acids is 2. The summed E-state index contributed by atoms with van der Waals surface area (Å²) in [6.07, 6.45) is 5.55. The Kier molecular flexibility index (Phi) is 12.6. The van der Waals surface area contributed by atoms with Gasteiger partial charge in [0.15, 0.2) is 11.6 Å². The van der Waals surface area contributed by atoms with Gasteiger partial charge in [-0.3, -0.25) is 0 Å². The van der Waals surface area contributed by atoms with Gasteiger partial charge in [-0.1, -0.05) is 0 Å². The topological polar surface area (TPSA) is 204 Å². The fourth-order valence-corrected chi connectivity index (χ4v) is 0.754. The molecule has 0 saturated carbocycles. The fourth-order valence-electron chi connectivity index (χ4n) is 0.754. The summed E-state index contributed by atoms with van der Waals surface area (Å²) in [6, 6.07) is 0. The molecule has 11 heteroatoms. The Morgan fingerprint density at radius 3 is 1.32 bits per heavy atom. The molecule has 0 amide bonds. The van der Waals surface area contributed by atoms with Crippen LogP contribution in [0.1, 0.15) is 21.2 Å². The van der Waals surface area contributed by atoms with E-state index in [0.717, 1.165) is 0 Å². The van der Waals surface area contributed by atoms with Crippen LogP contribution in [0.4, 0.5) is 0 Å². The number of nitrogens with zero attached hydrogens (tertiary/aromatic N) is 2. The molecule has 0 saturated heterocycles. The summed E-state index contributed by atoms with van der Waals surface area (Å²) in [7, 11) is 0. The molecule has 0 fully saturated rings. The van der Waals surface area contributed by atoms with Crippen molar-refractivity contribution in [3.05, 3.63) is 36.4 Å². The zero-order valence-electron chi connectivity index (χ0n) is 9.32. The summed E-state index contributed by atoms with van der Waals surface area (Å²) in [5.74, 6) is -2.83. The van der Waals surface area contributed by atoms with Crippen LogP contribution in [-0.4, -0.2) is 31.9 Å². The van der Waals surface area contributed by atoms with Crippen LogP contribution >= 0.6 is 0 Å². The number of rotatable bonds is 2. The van der Waals surface area contributed by atoms with Gasteiger partial charge in [0, 0.05) is 24.8 Å². The van der Waals surface area contributed by atoms with E-state index in [0.29, 0.717) is 0 Å². The number of carbonyl (C=O) groups excluding carboxylic acids is 2. The van der Waals surface area contributed by atoms with E-state index in [1.165, 1.54) is 24.8 Å². The van der Waals surface area contributed by atoms with E-state index >= 15 is 0 Å². The molecule has 8 N–H and O–H groups in total. The van der Waals surface area contributed by atoms with Crippen molar-refractivity contribution >= 4 is 11.9 Å². The average Bonchev–Trinajstić information content (AvgIpc) is 2.93. The number of aromatic amines is 2. The van der Waals surface area contributed by atoms with E-state index in [2.05, 4.69) is 19.9 Å². The number of nitrogens with one attached hydrogen (secondary N) is 2. The molecule has 0 bridgehead atoms. The summed E-state index contributed by atoms with van der Waals surface area (Å²) >= 11 is 0. The van der Waals surface area contributed by atoms with Crippen molar-refractivity contribution in [1.82, 2.24) is 19.9 Å². The SMILES string of the molecule is O=C([O-])c1ncc[nH]1.O=C([O-])c1ncc[nH]1.[Co+2].[OH3+].[OH3+]. The van der Waals surface area contributed by atoms with Gasteiger partial charge >= 0.3 is 16.8 Å². The Morgan fingerprint density at radius 2 is 1.21 bits per heavy atom. The molecule has 0 spiro atoms. The molecule has 19 heavy (non-hydrogen) atoms. The van der Waals surface area contributed by atoms with Crippen LogP contribution in [0, 0.1) is 0 Å². The van der Waals surface area contributed by atoms with Gasteiger partial charge < -0.3 is 40.7 Å². The van der Waals surface area contributed by atoms with Crippen molar-refractivity contribution in [2.24, 2.45) is 0 Å². The van der Waals surface area contributed by atoms with E-state index in [1.54, 1.807) is 0 Å². The van der Waals surface area contributed by atoms with Crippen LogP contribution in [0.5, 0.6) is 0 Å². The van der Waals surface area contributed by atoms with Gasteiger partial charge in [0.1, 0.15) is 11.9 Å². The molecule has 107 valence electrons. The number of carbonyl (C=O) groups is 2. The molecular weight excluding hydrogens is 307 g/mol. The smallest absolute Gasteiger partial charge is 0.542 e. The number of imidazole rings is 2. The van der Waals surface area contributed by atoms with Crippen molar-refractivity contribution in [1.29, 1.82) is 0 Å². The minimum atomic E-state index is -1.28. The Morgan fingerprint density at radius 1 is 0.895 bits per heavy atom. The molecule has 1 radical (unpaired) electrons. The number of hydrogen-bond donors (Lipinski definition) is 2. The molecule has 0 aromatic carbocycles. The van der Waals surface area contributed by atoms with Gasteiger partial charge in [-0.2, -0.15) is 0 Å². The van der Waals surface area contributed by atoms with Crippen LogP contribution in [0.15, 0.2) is 24.8 Å². The monoisotopic (exact) mass is 319 g/mol. The third-order valence-electron chi connectivity index (χ3n) is 1.38. The molecule has 2 aromatic rings. The molecular formula is C8H12CoN4O6+2. The maximum atomic E-state index is 9.86. The normalized spacial score (nSPS) is 7.58. The first-order valence-corrected chi connectivity index (χ1v) is 4.02. The second kappa shape index (κ2) is 10.9. The minimum absolute atomic E-state index is 0. The second-order valence-corrected chi connectivity index (χ2v) is 2.45. The molecule has 2 rings (SSSR count). The van der Waals surface area contributed by atoms with Gasteiger partial charge in [-0.15, -0.1) is 0 Å². The quantitative estimate of drug-likeness (QED) is 0.523. The number of carboxylic acids is 2. The van der Waals surface area contributed by atoms with Gasteiger partial charge in [-0.25, -0.2) is 9.97 Å². The maximum absolute atomic E-state index is 9.86. The van der Waals surface area contributed by atoms with Crippen LogP contribution in [0.3, 0.4) is 0 Å². The van der Waals surface area contributed by atoms with Crippen LogP contribution < -0.4 is 10.2 Å². The summed E-state index contributed by atoms with van der Waals surface area (Å²) < 4.78 is 0. The van der Waals surface area contributed by atoms with Gasteiger partial charge in [0.25, 0.3) is 0 Å². The average molecular weight is 319 g/mol. The van der Waals surface area contributed by atoms with Crippen molar-refractivity contribution < 1.29 is 47.5 Å². The van der Waals surface area contributed by atoms with E-state index < -0.39 is 11.9 Å². The predicted octanol–water partition coefficient (Wildman–Crippen LogP) is -4.30. The molecule has 0 aliphatic rings. The third kappa shape index (κ3) is 7.66. The van der Waals surface area contributed by atoms with Gasteiger partial charge in [0.05, 0.1) is 0 Å². The molecule has 2 aromatic heterocycles. The molecule has 2 heterocycles. The third-order valence-corrected chi connectivity index (χ3v) is 1.38. The summed E-state index contributed by atoms with van der Waals surface area (Å²) in [6.45, 7) is 0. The van der Waals surface area contributed by atoms with Crippen molar-refractivity contribution in [3.8, 4) is 0 Å². The largest absolute Gasteiger partial charge is 2.00 e. The van der Waals surface area contributed by atoms with Crippen LogP contribution in [0.2, 0.25) is 0 Å². The Labute approximate surface area is 116 Å². The number of H-pyrrole nitrogens is 2. The van der Waals surface area contributed by atoms with Crippen molar-refractivity contribution in [2.45, 2.75) is 0 Å². The number of carboxylic acid groups (broad SMARTS) is 2. The fraction of sp³-hybridized carbons (Fsp3) is 0. The first-order valence-electron chi connectivity index (χ1n) is 4.02. The first-order chi connectivity index (χ1) is 7.61. The molecule has 10 nitrogen and oxygen atoms in total. The Bertz CT molecular complexity index is 413. The Hall–Kier alpha value is -2.21. The van der Waals surface area contributed by atoms with Gasteiger partial charge in [-0.05, 0) is 0 Å². The number of aromatic nitrogens is 4. The molecule has 0 unspecified atom stereocenters. The molecule has 0 aliphatic carbocycles. The summed E-state index contributed by atoms with van der Waals surface area (Å²) in [5.41, 5.74) is 0. The van der Waals surface area contributed by atoms with E-state index in [-0.39, 0.29) is 39.4 Å². The van der Waals surface area contributed by atoms with Crippen LogP contribution in [0.25, 0.3) is 0 Å². The zero-order chi connectivity index (χ0) is 12.0. The first kappa shape index (κ1) is 22.0. The predicted molar refractivity (Wildman–Crippen MR) is 55.6 cm³/mol. The minimum Gasteiger partial charge on any atom is -0.542 e. The maximum Gasteiger partial charge on any atom is 2.00 e.